The van der Waals surface area contributed by atoms with Crippen LogP contribution in [0.15, 0.2) is 22.7 Å². The van der Waals surface area contributed by atoms with E-state index in [1.54, 1.807) is 0 Å². The van der Waals surface area contributed by atoms with E-state index >= 15 is 0 Å². The van der Waals surface area contributed by atoms with Gasteiger partial charge in [0.05, 0.1) is 6.10 Å². The average molecular weight is 298 g/mol. The molecule has 1 aliphatic heterocycles. The lowest BCUT2D eigenvalue weighted by Crippen LogP contribution is -2.40. The highest BCUT2D eigenvalue weighted by Gasteiger charge is 2.22. The molecule has 0 radical (unpaired) electrons. The second-order valence-electron chi connectivity index (χ2n) is 4.49. The predicted molar refractivity (Wildman–Crippen MR) is 70.0 cm³/mol. The zero-order valence-corrected chi connectivity index (χ0v) is 11.4. The first-order valence-corrected chi connectivity index (χ1v) is 6.60. The zero-order chi connectivity index (χ0) is 12.4. The monoisotopic (exact) mass is 297 g/mol. The third kappa shape index (κ3) is 2.87. The minimum absolute atomic E-state index is 0.0533. The Morgan fingerprint density at radius 2 is 2.06 bits per heavy atom. The normalized spacial score (nSPS) is 17.2. The van der Waals surface area contributed by atoms with Crippen LogP contribution in [-0.4, -0.2) is 35.1 Å². The van der Waals surface area contributed by atoms with Gasteiger partial charge in [-0.2, -0.15) is 0 Å². The molecule has 1 saturated heterocycles. The lowest BCUT2D eigenvalue weighted by Gasteiger charge is -2.29. The number of halogens is 1. The lowest BCUT2D eigenvalue weighted by atomic mass is 10.1. The van der Waals surface area contributed by atoms with E-state index in [2.05, 4.69) is 15.9 Å². The van der Waals surface area contributed by atoms with Crippen molar-refractivity contribution in [2.45, 2.75) is 25.9 Å². The zero-order valence-electron chi connectivity index (χ0n) is 9.82. The van der Waals surface area contributed by atoms with Crippen molar-refractivity contribution in [1.82, 2.24) is 4.90 Å². The molecule has 0 spiro atoms. The fourth-order valence-corrected chi connectivity index (χ4v) is 2.36. The van der Waals surface area contributed by atoms with Gasteiger partial charge in [0, 0.05) is 23.1 Å². The van der Waals surface area contributed by atoms with Crippen molar-refractivity contribution in [1.29, 1.82) is 0 Å². The maximum atomic E-state index is 12.2. The molecule has 17 heavy (non-hydrogen) atoms. The summed E-state index contributed by atoms with van der Waals surface area (Å²) in [4.78, 5) is 14.0. The van der Waals surface area contributed by atoms with Crippen LogP contribution in [0.5, 0.6) is 0 Å². The summed E-state index contributed by atoms with van der Waals surface area (Å²) in [6.45, 7) is 3.28. The number of likely N-dealkylation sites (tertiary alicyclic amines) is 1. The van der Waals surface area contributed by atoms with E-state index in [1.807, 2.05) is 30.0 Å². The fourth-order valence-electron chi connectivity index (χ4n) is 1.98. The number of carbonyl (C=O) groups excluding carboxylic acids is 1. The Kier molecular flexibility index (Phi) is 3.84. The summed E-state index contributed by atoms with van der Waals surface area (Å²) in [7, 11) is 0. The molecular weight excluding hydrogens is 282 g/mol. The molecule has 92 valence electrons. The number of aryl methyl sites for hydroxylation is 1. The van der Waals surface area contributed by atoms with E-state index < -0.39 is 0 Å². The number of aliphatic hydroxyl groups excluding tert-OH is 1. The molecule has 1 fully saturated rings. The summed E-state index contributed by atoms with van der Waals surface area (Å²) < 4.78 is 0.959. The molecule has 1 aliphatic rings. The van der Waals surface area contributed by atoms with Gasteiger partial charge in [0.2, 0.25) is 0 Å². The van der Waals surface area contributed by atoms with E-state index in [0.29, 0.717) is 31.5 Å². The van der Waals surface area contributed by atoms with Crippen LogP contribution in [0.3, 0.4) is 0 Å². The summed E-state index contributed by atoms with van der Waals surface area (Å²) in [6, 6.07) is 5.66. The minimum Gasteiger partial charge on any atom is -0.393 e. The number of benzene rings is 1. The maximum Gasteiger partial charge on any atom is 0.253 e. The molecular formula is C13H16BrNO2. The topological polar surface area (TPSA) is 40.5 Å². The highest BCUT2D eigenvalue weighted by Crippen LogP contribution is 2.20. The SMILES string of the molecule is Cc1ccc(C(=O)N2CCC(O)CC2)cc1Br. The first-order valence-electron chi connectivity index (χ1n) is 5.81. The lowest BCUT2D eigenvalue weighted by molar-refractivity contribution is 0.0546. The average Bonchev–Trinajstić information content (AvgIpc) is 2.33. The largest absolute Gasteiger partial charge is 0.393 e. The Morgan fingerprint density at radius 1 is 1.41 bits per heavy atom. The molecule has 0 unspecified atom stereocenters. The highest BCUT2D eigenvalue weighted by molar-refractivity contribution is 9.10. The van der Waals surface area contributed by atoms with Gasteiger partial charge in [0.15, 0.2) is 0 Å². The number of aliphatic hydroxyl groups is 1. The number of rotatable bonds is 1. The van der Waals surface area contributed by atoms with Gasteiger partial charge in [-0.15, -0.1) is 0 Å². The summed E-state index contributed by atoms with van der Waals surface area (Å²) in [5.41, 5.74) is 1.83. The number of nitrogens with zero attached hydrogens (tertiary/aromatic N) is 1. The summed E-state index contributed by atoms with van der Waals surface area (Å²) in [5, 5.41) is 9.41. The second-order valence-corrected chi connectivity index (χ2v) is 5.34. The quantitative estimate of drug-likeness (QED) is 0.864. The molecule has 4 heteroatoms. The van der Waals surface area contributed by atoms with Crippen molar-refractivity contribution in [2.24, 2.45) is 0 Å². The highest BCUT2D eigenvalue weighted by atomic mass is 79.9. The number of amides is 1. The second kappa shape index (κ2) is 5.19. The summed E-state index contributed by atoms with van der Waals surface area (Å²) >= 11 is 3.44. The first-order chi connectivity index (χ1) is 8.08. The maximum absolute atomic E-state index is 12.2. The van der Waals surface area contributed by atoms with E-state index in [0.717, 1.165) is 10.0 Å². The third-order valence-electron chi connectivity index (χ3n) is 3.17. The van der Waals surface area contributed by atoms with Crippen LogP contribution in [0.25, 0.3) is 0 Å². The number of carbonyl (C=O) groups is 1. The van der Waals surface area contributed by atoms with Crippen molar-refractivity contribution in [3.63, 3.8) is 0 Å². The number of hydrogen-bond donors (Lipinski definition) is 1. The molecule has 1 heterocycles. The molecule has 1 aromatic carbocycles. The molecule has 1 N–H and O–H groups in total. The number of hydrogen-bond acceptors (Lipinski definition) is 2. The van der Waals surface area contributed by atoms with E-state index in [-0.39, 0.29) is 12.0 Å². The number of piperidine rings is 1. The fraction of sp³-hybridized carbons (Fsp3) is 0.462. The summed E-state index contributed by atoms with van der Waals surface area (Å²) in [6.07, 6.45) is 1.11. The van der Waals surface area contributed by atoms with Gasteiger partial charge in [0.1, 0.15) is 0 Å². The molecule has 3 nitrogen and oxygen atoms in total. The molecule has 0 aromatic heterocycles. The van der Waals surface area contributed by atoms with Crippen LogP contribution in [0, 0.1) is 6.92 Å². The van der Waals surface area contributed by atoms with Gasteiger partial charge < -0.3 is 10.0 Å². The van der Waals surface area contributed by atoms with Crippen molar-refractivity contribution in [3.05, 3.63) is 33.8 Å². The minimum atomic E-state index is -0.246. The van der Waals surface area contributed by atoms with Crippen molar-refractivity contribution < 1.29 is 9.90 Å². The van der Waals surface area contributed by atoms with Crippen LogP contribution in [0.4, 0.5) is 0 Å². The predicted octanol–water partition coefficient (Wildman–Crippen LogP) is 2.35. The molecule has 0 aliphatic carbocycles. The molecule has 1 aromatic rings. The summed E-state index contributed by atoms with van der Waals surface area (Å²) in [5.74, 6) is 0.0533. The van der Waals surface area contributed by atoms with Gasteiger partial charge in [-0.05, 0) is 37.5 Å². The van der Waals surface area contributed by atoms with Crippen molar-refractivity contribution >= 4 is 21.8 Å². The molecule has 2 rings (SSSR count). The smallest absolute Gasteiger partial charge is 0.253 e. The Labute approximate surface area is 110 Å². The Hall–Kier alpha value is -0.870. The van der Waals surface area contributed by atoms with Gasteiger partial charge in [-0.1, -0.05) is 22.0 Å². The molecule has 0 atom stereocenters. The van der Waals surface area contributed by atoms with Gasteiger partial charge in [-0.25, -0.2) is 0 Å². The van der Waals surface area contributed by atoms with Gasteiger partial charge in [-0.3, -0.25) is 4.79 Å². The van der Waals surface area contributed by atoms with E-state index in [4.69, 9.17) is 0 Å². The van der Waals surface area contributed by atoms with E-state index in [1.165, 1.54) is 0 Å². The van der Waals surface area contributed by atoms with Crippen molar-refractivity contribution in [2.75, 3.05) is 13.1 Å². The van der Waals surface area contributed by atoms with Gasteiger partial charge in [0.25, 0.3) is 5.91 Å². The van der Waals surface area contributed by atoms with Crippen LogP contribution < -0.4 is 0 Å². The van der Waals surface area contributed by atoms with Crippen LogP contribution in [0.1, 0.15) is 28.8 Å². The van der Waals surface area contributed by atoms with Crippen LogP contribution in [-0.2, 0) is 0 Å². The first kappa shape index (κ1) is 12.6. The molecule has 0 bridgehead atoms. The Bertz CT molecular complexity index is 425. The van der Waals surface area contributed by atoms with Crippen LogP contribution in [0.2, 0.25) is 0 Å². The molecule has 1 amide bonds. The third-order valence-corrected chi connectivity index (χ3v) is 4.02. The van der Waals surface area contributed by atoms with Gasteiger partial charge >= 0.3 is 0 Å². The standard InChI is InChI=1S/C13H16BrNO2/c1-9-2-3-10(8-12(9)14)13(17)15-6-4-11(16)5-7-15/h2-3,8,11,16H,4-7H2,1H3. The van der Waals surface area contributed by atoms with Crippen LogP contribution >= 0.6 is 15.9 Å². The van der Waals surface area contributed by atoms with Crippen molar-refractivity contribution in [3.8, 4) is 0 Å². The van der Waals surface area contributed by atoms with E-state index in [9.17, 15) is 9.90 Å². The Morgan fingerprint density at radius 3 is 2.65 bits per heavy atom. The Balaban J connectivity index is 2.11. The molecule has 0 saturated carbocycles.